The molecule has 1 aliphatic heterocycles. The van der Waals surface area contributed by atoms with E-state index in [1.807, 2.05) is 4.90 Å². The molecule has 1 rings (SSSR count). The van der Waals surface area contributed by atoms with Gasteiger partial charge in [-0.3, -0.25) is 4.79 Å². The van der Waals surface area contributed by atoms with Gasteiger partial charge in [-0.05, 0) is 12.8 Å². The quantitative estimate of drug-likeness (QED) is 0.691. The summed E-state index contributed by atoms with van der Waals surface area (Å²) in [6.07, 6.45) is 11.4. The lowest BCUT2D eigenvalue weighted by Crippen LogP contribution is -2.44. The highest BCUT2D eigenvalue weighted by atomic mass is 16.2. The van der Waals surface area contributed by atoms with E-state index in [2.05, 4.69) is 5.92 Å². The topological polar surface area (TPSA) is 46.3 Å². The van der Waals surface area contributed by atoms with E-state index in [4.69, 9.17) is 12.2 Å². The summed E-state index contributed by atoms with van der Waals surface area (Å²) in [5, 5.41) is 0. The van der Waals surface area contributed by atoms with Gasteiger partial charge in [0.15, 0.2) is 0 Å². The second kappa shape index (κ2) is 6.47. The average Bonchev–Trinajstić information content (AvgIpc) is 2.16. The number of amides is 1. The minimum Gasteiger partial charge on any atom is -0.341 e. The summed E-state index contributed by atoms with van der Waals surface area (Å²) in [6.45, 7) is 1.69. The van der Waals surface area contributed by atoms with Gasteiger partial charge in [0.25, 0.3) is 0 Å². The molecule has 1 unspecified atom stereocenters. The Morgan fingerprint density at radius 3 is 2.33 bits per heavy atom. The van der Waals surface area contributed by atoms with Crippen LogP contribution in [0, 0.1) is 12.3 Å². The Bertz CT molecular complexity index is 236. The van der Waals surface area contributed by atoms with E-state index < -0.39 is 6.04 Å². The van der Waals surface area contributed by atoms with Crippen molar-refractivity contribution in [3.8, 4) is 12.3 Å². The van der Waals surface area contributed by atoms with Gasteiger partial charge < -0.3 is 10.6 Å². The van der Waals surface area contributed by atoms with E-state index in [9.17, 15) is 4.79 Å². The maximum Gasteiger partial charge on any atom is 0.240 e. The zero-order valence-electron chi connectivity index (χ0n) is 9.24. The number of terminal acetylenes is 1. The van der Waals surface area contributed by atoms with E-state index in [0.29, 0.717) is 6.42 Å². The SMILES string of the molecule is C#CCC(N)C(=O)N1CCCCCCC1. The van der Waals surface area contributed by atoms with E-state index in [1.165, 1.54) is 19.3 Å². The van der Waals surface area contributed by atoms with Crippen LogP contribution < -0.4 is 5.73 Å². The Kier molecular flexibility index (Phi) is 5.20. The van der Waals surface area contributed by atoms with Gasteiger partial charge in [-0.15, -0.1) is 12.3 Å². The first-order valence-electron chi connectivity index (χ1n) is 5.73. The van der Waals surface area contributed by atoms with Crippen LogP contribution in [0.5, 0.6) is 0 Å². The van der Waals surface area contributed by atoms with Crippen LogP contribution >= 0.6 is 0 Å². The number of nitrogens with two attached hydrogens (primary N) is 1. The van der Waals surface area contributed by atoms with E-state index in [-0.39, 0.29) is 5.91 Å². The van der Waals surface area contributed by atoms with Gasteiger partial charge in [-0.1, -0.05) is 19.3 Å². The number of hydrogen-bond donors (Lipinski definition) is 1. The first-order chi connectivity index (χ1) is 7.25. The molecule has 0 aromatic heterocycles. The van der Waals surface area contributed by atoms with Crippen molar-refractivity contribution in [3.63, 3.8) is 0 Å². The largest absolute Gasteiger partial charge is 0.341 e. The normalized spacial score (nSPS) is 19.9. The Balaban J connectivity index is 2.45. The van der Waals surface area contributed by atoms with E-state index >= 15 is 0 Å². The van der Waals surface area contributed by atoms with Gasteiger partial charge in [0, 0.05) is 19.5 Å². The van der Waals surface area contributed by atoms with Crippen LogP contribution in [0.3, 0.4) is 0 Å². The molecule has 0 spiro atoms. The molecule has 0 bridgehead atoms. The molecular formula is C12H20N2O. The lowest BCUT2D eigenvalue weighted by molar-refractivity contribution is -0.132. The summed E-state index contributed by atoms with van der Waals surface area (Å²) < 4.78 is 0. The summed E-state index contributed by atoms with van der Waals surface area (Å²) >= 11 is 0. The van der Waals surface area contributed by atoms with Crippen molar-refractivity contribution < 1.29 is 4.79 Å². The highest BCUT2D eigenvalue weighted by molar-refractivity contribution is 5.81. The third-order valence-electron chi connectivity index (χ3n) is 2.82. The van der Waals surface area contributed by atoms with Gasteiger partial charge >= 0.3 is 0 Å². The molecule has 0 aromatic carbocycles. The summed E-state index contributed by atoms with van der Waals surface area (Å²) in [4.78, 5) is 13.7. The summed E-state index contributed by atoms with van der Waals surface area (Å²) in [5.74, 6) is 2.47. The first kappa shape index (κ1) is 12.1. The number of rotatable bonds is 2. The molecule has 1 heterocycles. The fraction of sp³-hybridized carbons (Fsp3) is 0.750. The van der Waals surface area contributed by atoms with Crippen LogP contribution in [0.2, 0.25) is 0 Å². The molecular weight excluding hydrogens is 188 g/mol. The smallest absolute Gasteiger partial charge is 0.240 e. The molecule has 1 amide bonds. The highest BCUT2D eigenvalue weighted by Gasteiger charge is 2.20. The number of hydrogen-bond acceptors (Lipinski definition) is 2. The van der Waals surface area contributed by atoms with Crippen LogP contribution in [-0.4, -0.2) is 29.9 Å². The van der Waals surface area contributed by atoms with Gasteiger partial charge in [-0.2, -0.15) is 0 Å². The van der Waals surface area contributed by atoms with Gasteiger partial charge in [0.2, 0.25) is 5.91 Å². The molecule has 0 aliphatic carbocycles. The van der Waals surface area contributed by atoms with Crippen LogP contribution in [-0.2, 0) is 4.79 Å². The molecule has 1 saturated heterocycles. The number of carbonyl (C=O) groups excluding carboxylic acids is 1. The van der Waals surface area contributed by atoms with Crippen molar-refractivity contribution in [2.24, 2.45) is 5.73 Å². The fourth-order valence-electron chi connectivity index (χ4n) is 1.92. The predicted octanol–water partition coefficient (Wildman–Crippen LogP) is 1.13. The van der Waals surface area contributed by atoms with Gasteiger partial charge in [0.1, 0.15) is 0 Å². The lowest BCUT2D eigenvalue weighted by atomic mass is 10.1. The van der Waals surface area contributed by atoms with Crippen molar-refractivity contribution in [2.75, 3.05) is 13.1 Å². The van der Waals surface area contributed by atoms with Crippen molar-refractivity contribution in [1.29, 1.82) is 0 Å². The number of carbonyl (C=O) groups is 1. The molecule has 1 fully saturated rings. The lowest BCUT2D eigenvalue weighted by Gasteiger charge is -2.26. The number of likely N-dealkylation sites (tertiary alicyclic amines) is 1. The molecule has 15 heavy (non-hydrogen) atoms. The molecule has 2 N–H and O–H groups in total. The Labute approximate surface area is 92.0 Å². The minimum absolute atomic E-state index is 0.0230. The number of nitrogens with zero attached hydrogens (tertiary/aromatic N) is 1. The fourth-order valence-corrected chi connectivity index (χ4v) is 1.92. The zero-order valence-corrected chi connectivity index (χ0v) is 9.24. The van der Waals surface area contributed by atoms with E-state index in [1.54, 1.807) is 0 Å². The maximum absolute atomic E-state index is 11.9. The van der Waals surface area contributed by atoms with Crippen LogP contribution in [0.25, 0.3) is 0 Å². The highest BCUT2D eigenvalue weighted by Crippen LogP contribution is 2.11. The van der Waals surface area contributed by atoms with Gasteiger partial charge in [-0.25, -0.2) is 0 Å². The van der Waals surface area contributed by atoms with Crippen LogP contribution in [0.4, 0.5) is 0 Å². The molecule has 0 radical (unpaired) electrons. The van der Waals surface area contributed by atoms with Gasteiger partial charge in [0.05, 0.1) is 6.04 Å². The van der Waals surface area contributed by atoms with Crippen molar-refractivity contribution >= 4 is 5.91 Å². The standard InChI is InChI=1S/C12H20N2O/c1-2-8-11(13)12(15)14-9-6-4-3-5-7-10-14/h1,11H,3-10,13H2. The molecule has 1 aliphatic rings. The molecule has 3 heteroatoms. The second-order valence-corrected chi connectivity index (χ2v) is 4.11. The van der Waals surface area contributed by atoms with Crippen molar-refractivity contribution in [3.05, 3.63) is 0 Å². The van der Waals surface area contributed by atoms with Crippen LogP contribution in [0.1, 0.15) is 38.5 Å². The molecule has 0 saturated carbocycles. The molecule has 1 atom stereocenters. The first-order valence-corrected chi connectivity index (χ1v) is 5.73. The Morgan fingerprint density at radius 1 is 1.27 bits per heavy atom. The molecule has 0 aromatic rings. The summed E-state index contributed by atoms with van der Waals surface area (Å²) in [5.41, 5.74) is 5.71. The minimum atomic E-state index is -0.505. The average molecular weight is 208 g/mol. The third kappa shape index (κ3) is 3.93. The Hall–Kier alpha value is -1.01. The van der Waals surface area contributed by atoms with Crippen molar-refractivity contribution in [1.82, 2.24) is 4.90 Å². The maximum atomic E-state index is 11.9. The predicted molar refractivity (Wildman–Crippen MR) is 61.1 cm³/mol. The van der Waals surface area contributed by atoms with E-state index in [0.717, 1.165) is 25.9 Å². The summed E-state index contributed by atoms with van der Waals surface area (Å²) in [7, 11) is 0. The zero-order chi connectivity index (χ0) is 11.1. The Morgan fingerprint density at radius 2 is 1.80 bits per heavy atom. The molecule has 84 valence electrons. The van der Waals surface area contributed by atoms with Crippen molar-refractivity contribution in [2.45, 2.75) is 44.6 Å². The molecule has 3 nitrogen and oxygen atoms in total. The summed E-state index contributed by atoms with van der Waals surface area (Å²) in [6, 6.07) is -0.505. The second-order valence-electron chi connectivity index (χ2n) is 4.11. The van der Waals surface area contributed by atoms with Crippen LogP contribution in [0.15, 0.2) is 0 Å². The third-order valence-corrected chi connectivity index (χ3v) is 2.82. The monoisotopic (exact) mass is 208 g/mol.